The molecule has 0 aliphatic heterocycles. The van der Waals surface area contributed by atoms with Gasteiger partial charge in [-0.05, 0) is 18.9 Å². The quantitative estimate of drug-likeness (QED) is 0.802. The maximum atomic E-state index is 11.7. The zero-order valence-electron chi connectivity index (χ0n) is 15.0. The number of rotatable bonds is 7. The first-order valence-electron chi connectivity index (χ1n) is 8.72. The van der Waals surface area contributed by atoms with E-state index in [0.717, 1.165) is 37.1 Å². The third-order valence-electron chi connectivity index (χ3n) is 4.95. The van der Waals surface area contributed by atoms with Crippen molar-refractivity contribution in [2.45, 2.75) is 45.3 Å². The molecular formula is C19H30N2O3. The van der Waals surface area contributed by atoms with Crippen LogP contribution in [0.25, 0.3) is 0 Å². The molecule has 0 bridgehead atoms. The Morgan fingerprint density at radius 2 is 2.12 bits per heavy atom. The summed E-state index contributed by atoms with van der Waals surface area (Å²) in [5.74, 6) is 0.671. The van der Waals surface area contributed by atoms with Crippen molar-refractivity contribution in [1.82, 2.24) is 10.2 Å². The Morgan fingerprint density at radius 3 is 2.83 bits per heavy atom. The highest BCUT2D eigenvalue weighted by Crippen LogP contribution is 2.35. The van der Waals surface area contributed by atoms with Crippen LogP contribution in [-0.4, -0.2) is 49.3 Å². The number of likely N-dealkylation sites (N-methyl/N-ethyl adjacent to an activating group) is 1. The van der Waals surface area contributed by atoms with Gasteiger partial charge in [-0.3, -0.25) is 4.79 Å². The van der Waals surface area contributed by atoms with Crippen molar-refractivity contribution >= 4 is 5.91 Å². The highest BCUT2D eigenvalue weighted by Gasteiger charge is 2.34. The number of nitrogens with one attached hydrogen (secondary N) is 1. The molecule has 1 aromatic carbocycles. The van der Waals surface area contributed by atoms with Crippen molar-refractivity contribution in [3.63, 3.8) is 0 Å². The summed E-state index contributed by atoms with van der Waals surface area (Å²) in [4.78, 5) is 13.2. The molecule has 1 aromatic rings. The van der Waals surface area contributed by atoms with Crippen molar-refractivity contribution in [3.8, 4) is 5.75 Å². The van der Waals surface area contributed by atoms with Gasteiger partial charge in [0, 0.05) is 38.2 Å². The number of benzene rings is 1. The zero-order valence-corrected chi connectivity index (χ0v) is 15.0. The van der Waals surface area contributed by atoms with Crippen LogP contribution in [0.3, 0.4) is 0 Å². The van der Waals surface area contributed by atoms with Crippen molar-refractivity contribution in [2.24, 2.45) is 5.41 Å². The fourth-order valence-corrected chi connectivity index (χ4v) is 3.13. The number of ether oxygens (including phenoxy) is 1. The summed E-state index contributed by atoms with van der Waals surface area (Å²) in [7, 11) is 3.44. The molecule has 134 valence electrons. The molecule has 5 nitrogen and oxygen atoms in total. The van der Waals surface area contributed by atoms with Gasteiger partial charge < -0.3 is 20.1 Å². The number of para-hydroxylation sites is 1. The molecule has 2 N–H and O–H groups in total. The number of hydrogen-bond donors (Lipinski definition) is 2. The average Bonchev–Trinajstić information content (AvgIpc) is 2.56. The summed E-state index contributed by atoms with van der Waals surface area (Å²) in [5.41, 5.74) is 0.965. The lowest BCUT2D eigenvalue weighted by Crippen LogP contribution is -2.43. The maximum Gasteiger partial charge on any atom is 0.259 e. The van der Waals surface area contributed by atoms with Gasteiger partial charge in [0.05, 0.1) is 6.10 Å². The Hall–Kier alpha value is -1.59. The van der Waals surface area contributed by atoms with Gasteiger partial charge in [0.2, 0.25) is 0 Å². The van der Waals surface area contributed by atoms with Crippen LogP contribution in [0.2, 0.25) is 0 Å². The second kappa shape index (κ2) is 8.49. The van der Waals surface area contributed by atoms with Crippen molar-refractivity contribution in [1.29, 1.82) is 0 Å². The van der Waals surface area contributed by atoms with Crippen LogP contribution >= 0.6 is 0 Å². The molecule has 0 spiro atoms. The summed E-state index contributed by atoms with van der Waals surface area (Å²) < 4.78 is 5.67. The van der Waals surface area contributed by atoms with Crippen LogP contribution in [0.15, 0.2) is 24.3 Å². The second-order valence-electron chi connectivity index (χ2n) is 7.20. The number of hydrogen-bond acceptors (Lipinski definition) is 4. The van der Waals surface area contributed by atoms with Crippen LogP contribution in [0.5, 0.6) is 5.75 Å². The number of amides is 1. The molecule has 1 aliphatic rings. The van der Waals surface area contributed by atoms with E-state index in [1.54, 1.807) is 14.1 Å². The van der Waals surface area contributed by atoms with E-state index >= 15 is 0 Å². The van der Waals surface area contributed by atoms with Crippen molar-refractivity contribution in [2.75, 3.05) is 27.2 Å². The van der Waals surface area contributed by atoms with Crippen LogP contribution in [0, 0.1) is 5.41 Å². The third kappa shape index (κ3) is 4.95. The molecule has 1 amide bonds. The normalized spacial score (nSPS) is 23.8. The minimum Gasteiger partial charge on any atom is -0.483 e. The summed E-state index contributed by atoms with van der Waals surface area (Å²) in [6, 6.07) is 7.76. The van der Waals surface area contributed by atoms with Crippen LogP contribution < -0.4 is 10.1 Å². The van der Waals surface area contributed by atoms with Gasteiger partial charge in [0.15, 0.2) is 6.61 Å². The molecule has 1 saturated carbocycles. The highest BCUT2D eigenvalue weighted by molar-refractivity contribution is 5.77. The van der Waals surface area contributed by atoms with Gasteiger partial charge in [0.1, 0.15) is 5.75 Å². The van der Waals surface area contributed by atoms with Gasteiger partial charge in [-0.25, -0.2) is 0 Å². The fraction of sp³-hybridized carbons (Fsp3) is 0.632. The SMILES string of the molecule is CN(C)C(=O)COc1ccccc1CNCC1(C)CCCCC1O. The predicted octanol–water partition coefficient (Wildman–Crippen LogP) is 2.18. The summed E-state index contributed by atoms with van der Waals surface area (Å²) >= 11 is 0. The van der Waals surface area contributed by atoms with Gasteiger partial charge in [0.25, 0.3) is 5.91 Å². The van der Waals surface area contributed by atoms with Crippen molar-refractivity contribution < 1.29 is 14.6 Å². The minimum atomic E-state index is -0.233. The molecular weight excluding hydrogens is 304 g/mol. The predicted molar refractivity (Wildman–Crippen MR) is 94.9 cm³/mol. The first-order valence-corrected chi connectivity index (χ1v) is 8.72. The van der Waals surface area contributed by atoms with E-state index in [2.05, 4.69) is 12.2 Å². The van der Waals surface area contributed by atoms with E-state index in [0.29, 0.717) is 6.54 Å². The van der Waals surface area contributed by atoms with E-state index in [4.69, 9.17) is 4.74 Å². The average molecular weight is 334 g/mol. The van der Waals surface area contributed by atoms with E-state index in [1.807, 2.05) is 24.3 Å². The molecule has 5 heteroatoms. The number of aliphatic hydroxyl groups is 1. The van der Waals surface area contributed by atoms with Crippen LogP contribution in [0.1, 0.15) is 38.2 Å². The summed E-state index contributed by atoms with van der Waals surface area (Å²) in [5, 5.41) is 13.7. The number of nitrogens with zero attached hydrogens (tertiary/aromatic N) is 1. The zero-order chi connectivity index (χ0) is 17.6. The standard InChI is InChI=1S/C19H30N2O3/c1-19(11-7-6-10-17(19)22)14-20-12-15-8-4-5-9-16(15)24-13-18(23)21(2)3/h4-5,8-9,17,20,22H,6-7,10-14H2,1-3H3. The number of aliphatic hydroxyl groups excluding tert-OH is 1. The molecule has 24 heavy (non-hydrogen) atoms. The van der Waals surface area contributed by atoms with Crippen LogP contribution in [0.4, 0.5) is 0 Å². The maximum absolute atomic E-state index is 11.7. The lowest BCUT2D eigenvalue weighted by Gasteiger charge is -2.38. The molecule has 0 radical (unpaired) electrons. The van der Waals surface area contributed by atoms with E-state index in [1.165, 1.54) is 11.3 Å². The van der Waals surface area contributed by atoms with Gasteiger partial charge in [-0.15, -0.1) is 0 Å². The Balaban J connectivity index is 1.89. The number of carbonyl (C=O) groups is 1. The Morgan fingerprint density at radius 1 is 1.38 bits per heavy atom. The van der Waals surface area contributed by atoms with E-state index in [-0.39, 0.29) is 24.0 Å². The summed E-state index contributed by atoms with van der Waals surface area (Å²) in [6.45, 7) is 3.64. The van der Waals surface area contributed by atoms with E-state index < -0.39 is 0 Å². The molecule has 0 saturated heterocycles. The first-order chi connectivity index (χ1) is 11.4. The number of carbonyl (C=O) groups excluding carboxylic acids is 1. The molecule has 1 aliphatic carbocycles. The summed E-state index contributed by atoms with van der Waals surface area (Å²) in [6.07, 6.45) is 4.01. The van der Waals surface area contributed by atoms with Crippen molar-refractivity contribution in [3.05, 3.63) is 29.8 Å². The van der Waals surface area contributed by atoms with Gasteiger partial charge in [-0.1, -0.05) is 38.0 Å². The fourth-order valence-electron chi connectivity index (χ4n) is 3.13. The molecule has 0 aromatic heterocycles. The third-order valence-corrected chi connectivity index (χ3v) is 4.95. The molecule has 2 rings (SSSR count). The largest absolute Gasteiger partial charge is 0.483 e. The lowest BCUT2D eigenvalue weighted by atomic mass is 9.73. The Bertz CT molecular complexity index is 547. The minimum absolute atomic E-state index is 0.0421. The molecule has 0 heterocycles. The van der Waals surface area contributed by atoms with Gasteiger partial charge in [-0.2, -0.15) is 0 Å². The molecule has 1 fully saturated rings. The molecule has 2 unspecified atom stereocenters. The first kappa shape index (κ1) is 18.7. The van der Waals surface area contributed by atoms with E-state index in [9.17, 15) is 9.90 Å². The Kier molecular flexibility index (Phi) is 6.63. The highest BCUT2D eigenvalue weighted by atomic mass is 16.5. The van der Waals surface area contributed by atoms with Gasteiger partial charge >= 0.3 is 0 Å². The molecule has 2 atom stereocenters. The smallest absolute Gasteiger partial charge is 0.259 e. The lowest BCUT2D eigenvalue weighted by molar-refractivity contribution is -0.130. The monoisotopic (exact) mass is 334 g/mol. The topological polar surface area (TPSA) is 61.8 Å². The second-order valence-corrected chi connectivity index (χ2v) is 7.20. The Labute approximate surface area is 145 Å². The van der Waals surface area contributed by atoms with Crippen LogP contribution in [-0.2, 0) is 11.3 Å².